The number of carbonyl (C=O) groups is 2. The molecule has 20 heavy (non-hydrogen) atoms. The molecule has 1 amide bonds. The van der Waals surface area contributed by atoms with Gasteiger partial charge in [0, 0.05) is 18.7 Å². The summed E-state index contributed by atoms with van der Waals surface area (Å²) in [4.78, 5) is 25.2. The highest BCUT2D eigenvalue weighted by atomic mass is 16.4. The lowest BCUT2D eigenvalue weighted by Gasteiger charge is -2.32. The zero-order chi connectivity index (χ0) is 14.5. The van der Waals surface area contributed by atoms with E-state index in [-0.39, 0.29) is 11.5 Å². The Hall–Kier alpha value is -1.88. The molecule has 0 aliphatic carbocycles. The van der Waals surface area contributed by atoms with E-state index in [1.165, 1.54) is 12.1 Å². The van der Waals surface area contributed by atoms with Crippen molar-refractivity contribution in [2.24, 2.45) is 5.92 Å². The summed E-state index contributed by atoms with van der Waals surface area (Å²) in [5.41, 5.74) is 0.606. The zero-order valence-electron chi connectivity index (χ0n) is 11.6. The highest BCUT2D eigenvalue weighted by Crippen LogP contribution is 2.18. The van der Waals surface area contributed by atoms with Crippen LogP contribution in [0.3, 0.4) is 0 Å². The van der Waals surface area contributed by atoms with E-state index >= 15 is 0 Å². The molecule has 0 saturated carbocycles. The van der Waals surface area contributed by atoms with Crippen molar-refractivity contribution in [2.45, 2.75) is 12.8 Å². The van der Waals surface area contributed by atoms with Crippen molar-refractivity contribution in [1.29, 1.82) is 0 Å². The van der Waals surface area contributed by atoms with Crippen molar-refractivity contribution in [2.75, 3.05) is 26.7 Å². The number of piperidine rings is 1. The van der Waals surface area contributed by atoms with Crippen LogP contribution in [0.2, 0.25) is 0 Å². The first-order chi connectivity index (χ1) is 9.61. The molecule has 1 aliphatic rings. The maximum absolute atomic E-state index is 12.4. The van der Waals surface area contributed by atoms with E-state index in [0.717, 1.165) is 32.5 Å². The number of likely N-dealkylation sites (tertiary alicyclic amines) is 1. The number of carboxylic acids is 1. The number of hydrogen-bond donors (Lipinski definition) is 2. The van der Waals surface area contributed by atoms with Crippen molar-refractivity contribution in [3.8, 4) is 0 Å². The van der Waals surface area contributed by atoms with E-state index in [4.69, 9.17) is 5.11 Å². The molecule has 0 aromatic heterocycles. The van der Waals surface area contributed by atoms with Crippen molar-refractivity contribution in [1.82, 2.24) is 10.2 Å². The lowest BCUT2D eigenvalue weighted by molar-refractivity contribution is 0.0674. The molecular formula is C15H20N2O3. The average Bonchev–Trinajstić information content (AvgIpc) is 2.47. The van der Waals surface area contributed by atoms with Gasteiger partial charge >= 0.3 is 5.97 Å². The van der Waals surface area contributed by atoms with Gasteiger partial charge in [0.05, 0.1) is 5.56 Å². The molecule has 1 fully saturated rings. The Labute approximate surface area is 118 Å². The van der Waals surface area contributed by atoms with Gasteiger partial charge in [-0.3, -0.25) is 4.79 Å². The highest BCUT2D eigenvalue weighted by molar-refractivity contribution is 5.97. The molecule has 1 saturated heterocycles. The third-order valence-electron chi connectivity index (χ3n) is 3.66. The molecule has 1 atom stereocenters. The topological polar surface area (TPSA) is 69.6 Å². The molecule has 0 radical (unpaired) electrons. The van der Waals surface area contributed by atoms with Crippen LogP contribution in [-0.2, 0) is 0 Å². The van der Waals surface area contributed by atoms with E-state index in [1.807, 2.05) is 11.9 Å². The second-order valence-corrected chi connectivity index (χ2v) is 5.20. The van der Waals surface area contributed by atoms with Gasteiger partial charge < -0.3 is 15.3 Å². The van der Waals surface area contributed by atoms with Gasteiger partial charge in [-0.1, -0.05) is 6.07 Å². The maximum atomic E-state index is 12.4. The van der Waals surface area contributed by atoms with Crippen LogP contribution < -0.4 is 5.32 Å². The standard InChI is InChI=1S/C15H20N2O3/c1-16-9-11-4-3-7-17(10-11)14(18)12-5-2-6-13(8-12)15(19)20/h2,5-6,8,11,16H,3-4,7,9-10H2,1H3,(H,19,20). The fourth-order valence-electron chi connectivity index (χ4n) is 2.67. The summed E-state index contributed by atoms with van der Waals surface area (Å²) in [6, 6.07) is 6.24. The van der Waals surface area contributed by atoms with Gasteiger partial charge in [-0.25, -0.2) is 4.79 Å². The van der Waals surface area contributed by atoms with Crippen LogP contribution in [-0.4, -0.2) is 48.6 Å². The summed E-state index contributed by atoms with van der Waals surface area (Å²) >= 11 is 0. The number of hydrogen-bond acceptors (Lipinski definition) is 3. The fourth-order valence-corrected chi connectivity index (χ4v) is 2.67. The summed E-state index contributed by atoms with van der Waals surface area (Å²) < 4.78 is 0. The Morgan fingerprint density at radius 1 is 1.40 bits per heavy atom. The Morgan fingerprint density at radius 2 is 2.15 bits per heavy atom. The number of aromatic carboxylic acids is 1. The minimum atomic E-state index is -1.01. The van der Waals surface area contributed by atoms with E-state index in [0.29, 0.717) is 11.5 Å². The molecule has 5 heteroatoms. The molecule has 1 unspecified atom stereocenters. The van der Waals surface area contributed by atoms with Crippen LogP contribution in [0, 0.1) is 5.92 Å². The smallest absolute Gasteiger partial charge is 0.335 e. The van der Waals surface area contributed by atoms with Gasteiger partial charge in [-0.2, -0.15) is 0 Å². The minimum absolute atomic E-state index is 0.0751. The van der Waals surface area contributed by atoms with E-state index in [9.17, 15) is 9.59 Å². The third-order valence-corrected chi connectivity index (χ3v) is 3.66. The normalized spacial score (nSPS) is 18.9. The summed E-state index contributed by atoms with van der Waals surface area (Å²) in [6.45, 7) is 2.38. The van der Waals surface area contributed by atoms with Gasteiger partial charge in [0.1, 0.15) is 0 Å². The van der Waals surface area contributed by atoms with Crippen molar-refractivity contribution in [3.63, 3.8) is 0 Å². The van der Waals surface area contributed by atoms with Crippen LogP contribution in [0.5, 0.6) is 0 Å². The fraction of sp³-hybridized carbons (Fsp3) is 0.467. The Kier molecular flexibility index (Phi) is 4.74. The molecule has 1 heterocycles. The second-order valence-electron chi connectivity index (χ2n) is 5.20. The van der Waals surface area contributed by atoms with E-state index < -0.39 is 5.97 Å². The number of nitrogens with zero attached hydrogens (tertiary/aromatic N) is 1. The predicted molar refractivity (Wildman–Crippen MR) is 76.0 cm³/mol. The number of rotatable bonds is 4. The molecule has 1 aliphatic heterocycles. The Bertz CT molecular complexity index is 500. The van der Waals surface area contributed by atoms with Gasteiger partial charge in [-0.05, 0) is 50.6 Å². The first kappa shape index (κ1) is 14.5. The second kappa shape index (κ2) is 6.52. The van der Waals surface area contributed by atoms with Crippen molar-refractivity contribution >= 4 is 11.9 Å². The summed E-state index contributed by atoms with van der Waals surface area (Å²) in [6.07, 6.45) is 2.12. The third kappa shape index (κ3) is 3.36. The first-order valence-electron chi connectivity index (χ1n) is 6.89. The monoisotopic (exact) mass is 276 g/mol. The summed E-state index contributed by atoms with van der Waals surface area (Å²) in [5, 5.41) is 12.1. The average molecular weight is 276 g/mol. The first-order valence-corrected chi connectivity index (χ1v) is 6.89. The van der Waals surface area contributed by atoms with Gasteiger partial charge in [-0.15, -0.1) is 0 Å². The number of carbonyl (C=O) groups excluding carboxylic acids is 1. The van der Waals surface area contributed by atoms with Crippen LogP contribution in [0.25, 0.3) is 0 Å². The lowest BCUT2D eigenvalue weighted by atomic mass is 9.97. The lowest BCUT2D eigenvalue weighted by Crippen LogP contribution is -2.42. The molecule has 1 aromatic rings. The van der Waals surface area contributed by atoms with Crippen LogP contribution in [0.1, 0.15) is 33.6 Å². The molecule has 0 bridgehead atoms. The van der Waals surface area contributed by atoms with Crippen molar-refractivity contribution < 1.29 is 14.7 Å². The minimum Gasteiger partial charge on any atom is -0.478 e. The quantitative estimate of drug-likeness (QED) is 0.873. The van der Waals surface area contributed by atoms with E-state index in [2.05, 4.69) is 5.32 Å². The number of carboxylic acid groups (broad SMARTS) is 1. The Morgan fingerprint density at radius 3 is 2.85 bits per heavy atom. The number of benzene rings is 1. The van der Waals surface area contributed by atoms with Gasteiger partial charge in [0.25, 0.3) is 5.91 Å². The van der Waals surface area contributed by atoms with Crippen LogP contribution in [0.4, 0.5) is 0 Å². The van der Waals surface area contributed by atoms with Crippen LogP contribution >= 0.6 is 0 Å². The Balaban J connectivity index is 2.10. The number of amides is 1. The maximum Gasteiger partial charge on any atom is 0.335 e. The molecule has 2 N–H and O–H groups in total. The van der Waals surface area contributed by atoms with Gasteiger partial charge in [0.2, 0.25) is 0 Å². The van der Waals surface area contributed by atoms with Crippen LogP contribution in [0.15, 0.2) is 24.3 Å². The van der Waals surface area contributed by atoms with Gasteiger partial charge in [0.15, 0.2) is 0 Å². The SMILES string of the molecule is CNCC1CCCN(C(=O)c2cccc(C(=O)O)c2)C1. The molecule has 0 spiro atoms. The molecule has 108 valence electrons. The summed E-state index contributed by atoms with van der Waals surface area (Å²) in [5.74, 6) is -0.611. The zero-order valence-corrected chi connectivity index (χ0v) is 11.6. The van der Waals surface area contributed by atoms with Crippen molar-refractivity contribution in [3.05, 3.63) is 35.4 Å². The molecular weight excluding hydrogens is 256 g/mol. The molecule has 1 aromatic carbocycles. The summed E-state index contributed by atoms with van der Waals surface area (Å²) in [7, 11) is 1.91. The molecule has 5 nitrogen and oxygen atoms in total. The largest absolute Gasteiger partial charge is 0.478 e. The molecule has 2 rings (SSSR count). The highest BCUT2D eigenvalue weighted by Gasteiger charge is 2.24. The number of nitrogens with one attached hydrogen (secondary N) is 1. The van der Waals surface area contributed by atoms with E-state index in [1.54, 1.807) is 12.1 Å². The predicted octanol–water partition coefficient (Wildman–Crippen LogP) is 1.46.